The number of aryl methyl sites for hydroxylation is 3. The molecular weight excluding hydrogens is 348 g/mol. The minimum absolute atomic E-state index is 0.0299. The zero-order valence-electron chi connectivity index (χ0n) is 15.7. The molecule has 0 unspecified atom stereocenters. The van der Waals surface area contributed by atoms with Crippen LogP contribution in [-0.4, -0.2) is 23.4 Å². The molecule has 1 amide bonds. The van der Waals surface area contributed by atoms with Crippen LogP contribution in [0.25, 0.3) is 0 Å². The van der Waals surface area contributed by atoms with Crippen molar-refractivity contribution in [3.05, 3.63) is 74.3 Å². The quantitative estimate of drug-likeness (QED) is 0.476. The van der Waals surface area contributed by atoms with Crippen molar-refractivity contribution in [2.75, 3.05) is 6.61 Å². The Morgan fingerprint density at radius 3 is 2.37 bits per heavy atom. The monoisotopic (exact) mass is 370 g/mol. The molecule has 0 aliphatic carbocycles. The van der Waals surface area contributed by atoms with Crippen molar-refractivity contribution in [2.24, 2.45) is 0 Å². The second-order valence-corrected chi connectivity index (χ2v) is 6.47. The van der Waals surface area contributed by atoms with E-state index in [1.807, 2.05) is 39.0 Å². The van der Waals surface area contributed by atoms with E-state index in [1.165, 1.54) is 17.7 Å². The summed E-state index contributed by atoms with van der Waals surface area (Å²) in [6, 6.07) is 9.72. The molecule has 0 saturated heterocycles. The van der Waals surface area contributed by atoms with Crippen LogP contribution in [0.15, 0.2) is 36.4 Å². The molecule has 0 heterocycles. The highest BCUT2D eigenvalue weighted by atomic mass is 16.6. The Morgan fingerprint density at radius 1 is 1.07 bits per heavy atom. The molecule has 27 heavy (non-hydrogen) atoms. The number of benzene rings is 2. The molecule has 2 rings (SSSR count). The van der Waals surface area contributed by atoms with Gasteiger partial charge in [0.25, 0.3) is 11.6 Å². The second kappa shape index (κ2) is 8.44. The molecule has 0 aliphatic heterocycles. The molecule has 1 atom stereocenters. The lowest BCUT2D eigenvalue weighted by Crippen LogP contribution is -2.31. The van der Waals surface area contributed by atoms with E-state index in [2.05, 4.69) is 5.32 Å². The summed E-state index contributed by atoms with van der Waals surface area (Å²) in [5, 5.41) is 13.7. The number of amides is 1. The highest BCUT2D eigenvalue weighted by Gasteiger charge is 2.17. The van der Waals surface area contributed by atoms with Crippen molar-refractivity contribution in [3.63, 3.8) is 0 Å². The van der Waals surface area contributed by atoms with Crippen molar-refractivity contribution in [2.45, 2.75) is 33.7 Å². The lowest BCUT2D eigenvalue weighted by atomic mass is 10.0. The van der Waals surface area contributed by atoms with E-state index in [0.717, 1.165) is 17.2 Å². The number of hydrogen-bond donors (Lipinski definition) is 1. The summed E-state index contributed by atoms with van der Waals surface area (Å²) >= 11 is 0. The average Bonchev–Trinajstić information content (AvgIpc) is 2.62. The minimum Gasteiger partial charge on any atom is -0.452 e. The molecule has 142 valence electrons. The van der Waals surface area contributed by atoms with E-state index in [1.54, 1.807) is 6.92 Å². The van der Waals surface area contributed by atoms with Gasteiger partial charge in [-0.05, 0) is 50.5 Å². The Balaban J connectivity index is 1.94. The molecule has 2 aromatic rings. The smallest absolute Gasteiger partial charge is 0.338 e. The minimum atomic E-state index is -0.785. The summed E-state index contributed by atoms with van der Waals surface area (Å²) in [6.07, 6.45) is 0. The van der Waals surface area contributed by atoms with Gasteiger partial charge in [0.05, 0.1) is 16.5 Å². The van der Waals surface area contributed by atoms with Gasteiger partial charge in [-0.2, -0.15) is 0 Å². The number of rotatable bonds is 6. The van der Waals surface area contributed by atoms with Gasteiger partial charge in [0.15, 0.2) is 6.61 Å². The van der Waals surface area contributed by atoms with Crippen molar-refractivity contribution < 1.29 is 19.2 Å². The van der Waals surface area contributed by atoms with Gasteiger partial charge in [-0.1, -0.05) is 24.3 Å². The van der Waals surface area contributed by atoms with Crippen molar-refractivity contribution in [1.82, 2.24) is 5.32 Å². The maximum absolute atomic E-state index is 12.0. The van der Waals surface area contributed by atoms with Crippen LogP contribution in [0.2, 0.25) is 0 Å². The Morgan fingerprint density at radius 2 is 1.74 bits per heavy atom. The number of ether oxygens (including phenoxy) is 1. The molecule has 7 heteroatoms. The van der Waals surface area contributed by atoms with Gasteiger partial charge in [-0.25, -0.2) is 4.79 Å². The number of carbonyl (C=O) groups excluding carboxylic acids is 2. The van der Waals surface area contributed by atoms with E-state index in [-0.39, 0.29) is 17.3 Å². The second-order valence-electron chi connectivity index (χ2n) is 6.47. The number of nitrogens with zero attached hydrogens (tertiary/aromatic N) is 1. The van der Waals surface area contributed by atoms with Crippen molar-refractivity contribution in [1.29, 1.82) is 0 Å². The van der Waals surface area contributed by atoms with Crippen LogP contribution in [0, 0.1) is 30.9 Å². The number of carbonyl (C=O) groups is 2. The molecule has 0 aromatic heterocycles. The fourth-order valence-corrected chi connectivity index (χ4v) is 2.55. The molecule has 0 fully saturated rings. The first-order valence-corrected chi connectivity index (χ1v) is 8.47. The zero-order valence-corrected chi connectivity index (χ0v) is 15.7. The standard InChI is InChI=1S/C20H22N2O5/c1-12-5-7-16(9-14(12)3)15(4)21-19(23)11-27-20(24)17-8-6-13(2)18(10-17)22(25)26/h5-10,15H,11H2,1-4H3,(H,21,23)/t15-/m1/s1. The third-order valence-electron chi connectivity index (χ3n) is 4.38. The summed E-state index contributed by atoms with van der Waals surface area (Å²) < 4.78 is 4.97. The maximum atomic E-state index is 12.0. The van der Waals surface area contributed by atoms with Crippen molar-refractivity contribution in [3.8, 4) is 0 Å². The molecule has 0 spiro atoms. The molecule has 7 nitrogen and oxygen atoms in total. The van der Waals surface area contributed by atoms with Gasteiger partial charge in [0.1, 0.15) is 0 Å². The first-order valence-electron chi connectivity index (χ1n) is 8.47. The largest absolute Gasteiger partial charge is 0.452 e. The van der Waals surface area contributed by atoms with Crippen LogP contribution < -0.4 is 5.32 Å². The third-order valence-corrected chi connectivity index (χ3v) is 4.38. The topological polar surface area (TPSA) is 98.5 Å². The van der Waals surface area contributed by atoms with Crippen LogP contribution in [0.3, 0.4) is 0 Å². The highest BCUT2D eigenvalue weighted by Crippen LogP contribution is 2.20. The lowest BCUT2D eigenvalue weighted by molar-refractivity contribution is -0.385. The van der Waals surface area contributed by atoms with Crippen molar-refractivity contribution >= 4 is 17.6 Å². The van der Waals surface area contributed by atoms with Crippen LogP contribution in [0.4, 0.5) is 5.69 Å². The summed E-state index contributed by atoms with van der Waals surface area (Å²) in [4.78, 5) is 34.5. The first-order chi connectivity index (χ1) is 12.7. The van der Waals surface area contributed by atoms with Gasteiger partial charge in [-0.3, -0.25) is 14.9 Å². The van der Waals surface area contributed by atoms with E-state index < -0.39 is 23.4 Å². The Bertz CT molecular complexity index is 892. The fourth-order valence-electron chi connectivity index (χ4n) is 2.55. The van der Waals surface area contributed by atoms with Crippen LogP contribution in [0.1, 0.15) is 45.6 Å². The van der Waals surface area contributed by atoms with Gasteiger partial charge in [-0.15, -0.1) is 0 Å². The Labute approximate surface area is 157 Å². The zero-order chi connectivity index (χ0) is 20.1. The van der Waals surface area contributed by atoms with Gasteiger partial charge < -0.3 is 10.1 Å². The summed E-state index contributed by atoms with van der Waals surface area (Å²) in [5.41, 5.74) is 3.54. The van der Waals surface area contributed by atoms with Crippen LogP contribution in [0.5, 0.6) is 0 Å². The fraction of sp³-hybridized carbons (Fsp3) is 0.300. The Kier molecular flexibility index (Phi) is 6.28. The van der Waals surface area contributed by atoms with Gasteiger partial charge in [0, 0.05) is 11.6 Å². The molecule has 0 radical (unpaired) electrons. The summed E-state index contributed by atoms with van der Waals surface area (Å²) in [6.45, 7) is 6.96. The molecular formula is C20H22N2O5. The summed E-state index contributed by atoms with van der Waals surface area (Å²) in [5.74, 6) is -1.23. The first kappa shape index (κ1) is 20.1. The number of esters is 1. The number of nitro benzene ring substituents is 1. The molecule has 2 aromatic carbocycles. The van der Waals surface area contributed by atoms with E-state index >= 15 is 0 Å². The number of nitrogens with one attached hydrogen (secondary N) is 1. The maximum Gasteiger partial charge on any atom is 0.338 e. The molecule has 0 saturated carbocycles. The molecule has 0 aliphatic rings. The van der Waals surface area contributed by atoms with Crippen LogP contribution in [-0.2, 0) is 9.53 Å². The van der Waals surface area contributed by atoms with E-state index in [4.69, 9.17) is 4.74 Å². The number of nitro groups is 1. The Hall–Kier alpha value is -3.22. The van der Waals surface area contributed by atoms with E-state index in [9.17, 15) is 19.7 Å². The predicted octanol–water partition coefficient (Wildman–Crippen LogP) is 3.55. The molecule has 0 bridgehead atoms. The molecule has 1 N–H and O–H groups in total. The normalized spacial score (nSPS) is 11.6. The lowest BCUT2D eigenvalue weighted by Gasteiger charge is -2.15. The highest BCUT2D eigenvalue weighted by molar-refractivity contribution is 5.92. The predicted molar refractivity (Wildman–Crippen MR) is 101 cm³/mol. The third kappa shape index (κ3) is 5.13. The van der Waals surface area contributed by atoms with E-state index in [0.29, 0.717) is 5.56 Å². The van der Waals surface area contributed by atoms with Gasteiger partial charge >= 0.3 is 5.97 Å². The summed E-state index contributed by atoms with van der Waals surface area (Å²) in [7, 11) is 0. The average molecular weight is 370 g/mol. The van der Waals surface area contributed by atoms with Crippen LogP contribution >= 0.6 is 0 Å². The van der Waals surface area contributed by atoms with Gasteiger partial charge in [0.2, 0.25) is 0 Å². The number of hydrogen-bond acceptors (Lipinski definition) is 5. The SMILES string of the molecule is Cc1ccc([C@@H](C)NC(=O)COC(=O)c2ccc(C)c([N+](=O)[O-])c2)cc1C.